The van der Waals surface area contributed by atoms with Gasteiger partial charge in [-0.1, -0.05) is 51.8 Å². The first-order valence-electron chi connectivity index (χ1n) is 18.9. The summed E-state index contributed by atoms with van der Waals surface area (Å²) in [6.07, 6.45) is 13.2. The van der Waals surface area contributed by atoms with Crippen LogP contribution in [0.5, 0.6) is 5.75 Å². The van der Waals surface area contributed by atoms with E-state index in [2.05, 4.69) is 36.4 Å². The smallest absolute Gasteiger partial charge is 0.305 e. The third-order valence-electron chi connectivity index (χ3n) is 10.6. The van der Waals surface area contributed by atoms with Gasteiger partial charge in [-0.05, 0) is 104 Å². The summed E-state index contributed by atoms with van der Waals surface area (Å²) in [7, 11) is 0. The van der Waals surface area contributed by atoms with Crippen LogP contribution in [-0.2, 0) is 27.2 Å². The molecule has 4 rings (SSSR count). The van der Waals surface area contributed by atoms with E-state index in [1.165, 1.54) is 19.3 Å². The van der Waals surface area contributed by atoms with Crippen LogP contribution in [0, 0.1) is 23.7 Å². The van der Waals surface area contributed by atoms with Crippen molar-refractivity contribution in [2.45, 2.75) is 110 Å². The molecule has 0 saturated carbocycles. The largest absolute Gasteiger partial charge is 0.491 e. The van der Waals surface area contributed by atoms with Crippen molar-refractivity contribution < 1.29 is 28.6 Å². The number of carbonyl (C=O) groups excluding carboxylic acids is 2. The van der Waals surface area contributed by atoms with Gasteiger partial charge in [-0.25, -0.2) is 4.39 Å². The fraction of sp³-hybridized carbons (Fsp3) is 0.650. The standard InChI is InChI=1S/C40H59FN4O5/c1-4-6-28(2)21-29(3)36-23-31(16-18-43-36)12-15-38(46)45-19-5-7-33(27-45)40(49)44-37(24-39(47)48)34-22-32(25-42-26-34)9-8-30-10-13-35(14-11-30)50-20-17-41/h10-11,13-14,22,25-26,28-29,31,33,36-37,43H,4-9,12,15-21,23-24,27H2,1-3H3,(H,44,49)(H,47,48). The number of piperidine rings is 2. The Hall–Kier alpha value is -3.53. The zero-order valence-electron chi connectivity index (χ0n) is 30.4. The predicted octanol–water partition coefficient (Wildman–Crippen LogP) is 6.70. The third kappa shape index (κ3) is 12.7. The van der Waals surface area contributed by atoms with Crippen molar-refractivity contribution in [2.24, 2.45) is 23.7 Å². The van der Waals surface area contributed by atoms with Gasteiger partial charge < -0.3 is 25.4 Å². The lowest BCUT2D eigenvalue weighted by atomic mass is 9.80. The van der Waals surface area contributed by atoms with E-state index in [9.17, 15) is 23.9 Å². The molecule has 2 fully saturated rings. The molecule has 2 aromatic rings. The summed E-state index contributed by atoms with van der Waals surface area (Å²) in [6.45, 7) is 8.48. The Kier molecular flexibility index (Phi) is 16.0. The van der Waals surface area contributed by atoms with Gasteiger partial charge in [-0.3, -0.25) is 19.4 Å². The molecule has 9 nitrogen and oxygen atoms in total. The van der Waals surface area contributed by atoms with Crippen LogP contribution in [-0.4, -0.2) is 71.7 Å². The van der Waals surface area contributed by atoms with Gasteiger partial charge in [0.1, 0.15) is 19.0 Å². The van der Waals surface area contributed by atoms with Crippen LogP contribution in [0.3, 0.4) is 0 Å². The summed E-state index contributed by atoms with van der Waals surface area (Å²) >= 11 is 0. The lowest BCUT2D eigenvalue weighted by molar-refractivity contribution is -0.138. The van der Waals surface area contributed by atoms with Crippen molar-refractivity contribution in [3.8, 4) is 5.75 Å². The number of alkyl halides is 1. The number of aryl methyl sites for hydroxylation is 2. The molecule has 1 aromatic carbocycles. The number of benzene rings is 1. The van der Waals surface area contributed by atoms with E-state index in [0.717, 1.165) is 55.7 Å². The average molecular weight is 695 g/mol. The molecule has 6 atom stereocenters. The summed E-state index contributed by atoms with van der Waals surface area (Å²) in [5.74, 6) is 1.01. The molecule has 2 aliphatic heterocycles. The van der Waals surface area contributed by atoms with Crippen molar-refractivity contribution in [3.05, 3.63) is 59.4 Å². The van der Waals surface area contributed by atoms with Crippen LogP contribution in [0.25, 0.3) is 0 Å². The van der Waals surface area contributed by atoms with E-state index in [0.29, 0.717) is 61.5 Å². The Bertz CT molecular complexity index is 1360. The summed E-state index contributed by atoms with van der Waals surface area (Å²) < 4.78 is 17.7. The second kappa shape index (κ2) is 20.4. The third-order valence-corrected chi connectivity index (χ3v) is 10.6. The van der Waals surface area contributed by atoms with E-state index in [4.69, 9.17) is 4.74 Å². The monoisotopic (exact) mass is 694 g/mol. The number of halogens is 1. The topological polar surface area (TPSA) is 121 Å². The number of carboxylic acid groups (broad SMARTS) is 1. The van der Waals surface area contributed by atoms with Gasteiger partial charge in [-0.15, -0.1) is 0 Å². The van der Waals surface area contributed by atoms with Gasteiger partial charge in [0.15, 0.2) is 0 Å². The molecule has 1 aromatic heterocycles. The number of nitrogens with one attached hydrogen (secondary N) is 2. The van der Waals surface area contributed by atoms with E-state index in [-0.39, 0.29) is 30.8 Å². The molecule has 2 amide bonds. The fourth-order valence-electron chi connectivity index (χ4n) is 7.79. The first-order chi connectivity index (χ1) is 24.1. The van der Waals surface area contributed by atoms with Crippen LogP contribution >= 0.6 is 0 Å². The number of hydrogen-bond donors (Lipinski definition) is 3. The zero-order valence-corrected chi connectivity index (χ0v) is 30.4. The lowest BCUT2D eigenvalue weighted by Crippen LogP contribution is -2.46. The Balaban J connectivity index is 1.28. The van der Waals surface area contributed by atoms with Gasteiger partial charge in [-0.2, -0.15) is 0 Å². The number of aromatic nitrogens is 1. The zero-order chi connectivity index (χ0) is 35.9. The minimum atomic E-state index is -1.01. The number of ether oxygens (including phenoxy) is 1. The number of aliphatic carboxylic acids is 1. The molecular weight excluding hydrogens is 635 g/mol. The average Bonchev–Trinajstić information content (AvgIpc) is 3.12. The van der Waals surface area contributed by atoms with Gasteiger partial charge in [0, 0.05) is 37.9 Å². The number of amides is 2. The highest BCUT2D eigenvalue weighted by Crippen LogP contribution is 2.30. The summed E-state index contributed by atoms with van der Waals surface area (Å²) in [4.78, 5) is 45.0. The molecule has 2 saturated heterocycles. The van der Waals surface area contributed by atoms with E-state index < -0.39 is 18.7 Å². The second-order valence-electron chi connectivity index (χ2n) is 14.7. The van der Waals surface area contributed by atoms with Crippen molar-refractivity contribution in [3.63, 3.8) is 0 Å². The fourth-order valence-corrected chi connectivity index (χ4v) is 7.79. The number of rotatable bonds is 19. The summed E-state index contributed by atoms with van der Waals surface area (Å²) in [6, 6.07) is 9.21. The van der Waals surface area contributed by atoms with Gasteiger partial charge in [0.25, 0.3) is 0 Å². The Morgan fingerprint density at radius 2 is 1.90 bits per heavy atom. The minimum Gasteiger partial charge on any atom is -0.491 e. The van der Waals surface area contributed by atoms with Crippen LogP contribution in [0.1, 0.15) is 108 Å². The number of pyridine rings is 1. The normalized spacial score (nSPS) is 21.2. The summed E-state index contributed by atoms with van der Waals surface area (Å²) in [5.41, 5.74) is 2.66. The van der Waals surface area contributed by atoms with Gasteiger partial charge >= 0.3 is 5.97 Å². The Labute approximate surface area is 298 Å². The highest BCUT2D eigenvalue weighted by Gasteiger charge is 2.32. The predicted molar refractivity (Wildman–Crippen MR) is 194 cm³/mol. The van der Waals surface area contributed by atoms with Crippen LogP contribution in [0.2, 0.25) is 0 Å². The number of carbonyl (C=O) groups is 3. The molecular formula is C40H59FN4O5. The molecule has 3 N–H and O–H groups in total. The van der Waals surface area contributed by atoms with Crippen LogP contribution in [0.4, 0.5) is 4.39 Å². The van der Waals surface area contributed by atoms with E-state index in [1.807, 2.05) is 35.2 Å². The molecule has 6 unspecified atom stereocenters. The van der Waals surface area contributed by atoms with Gasteiger partial charge in [0.2, 0.25) is 11.8 Å². The second-order valence-corrected chi connectivity index (χ2v) is 14.7. The summed E-state index contributed by atoms with van der Waals surface area (Å²) in [5, 5.41) is 16.4. The van der Waals surface area contributed by atoms with Gasteiger partial charge in [0.05, 0.1) is 18.4 Å². The molecule has 3 heterocycles. The molecule has 0 spiro atoms. The number of likely N-dealkylation sites (tertiary alicyclic amines) is 1. The molecule has 276 valence electrons. The maximum Gasteiger partial charge on any atom is 0.305 e. The van der Waals surface area contributed by atoms with Crippen LogP contribution in [0.15, 0.2) is 42.7 Å². The van der Waals surface area contributed by atoms with E-state index >= 15 is 0 Å². The first-order valence-corrected chi connectivity index (χ1v) is 18.9. The lowest BCUT2D eigenvalue weighted by Gasteiger charge is -2.36. The van der Waals surface area contributed by atoms with Crippen molar-refractivity contribution in [1.82, 2.24) is 20.5 Å². The molecule has 0 bridgehead atoms. The molecule has 0 aliphatic carbocycles. The van der Waals surface area contributed by atoms with Crippen molar-refractivity contribution in [1.29, 1.82) is 0 Å². The highest BCUT2D eigenvalue weighted by molar-refractivity contribution is 5.82. The Morgan fingerprint density at radius 1 is 1.12 bits per heavy atom. The molecule has 10 heteroatoms. The first kappa shape index (κ1) is 39.3. The SMILES string of the molecule is CCCC(C)CC(C)C1CC(CCC(=O)N2CCCC(C(=O)NC(CC(=O)O)c3cncc(CCc4ccc(OCCF)cc4)c3)C2)CCN1. The molecule has 2 aliphatic rings. The molecule has 0 radical (unpaired) electrons. The maximum atomic E-state index is 13.5. The highest BCUT2D eigenvalue weighted by atomic mass is 19.1. The Morgan fingerprint density at radius 3 is 2.64 bits per heavy atom. The number of hydrogen-bond acceptors (Lipinski definition) is 6. The maximum absolute atomic E-state index is 13.5. The number of nitrogens with zero attached hydrogens (tertiary/aromatic N) is 2. The molecule has 50 heavy (non-hydrogen) atoms. The minimum absolute atomic E-state index is 0.0281. The quantitative estimate of drug-likeness (QED) is 0.150. The number of carboxylic acids is 1. The van der Waals surface area contributed by atoms with E-state index in [1.54, 1.807) is 12.4 Å². The van der Waals surface area contributed by atoms with Crippen LogP contribution < -0.4 is 15.4 Å². The van der Waals surface area contributed by atoms with Crippen molar-refractivity contribution in [2.75, 3.05) is 32.9 Å². The van der Waals surface area contributed by atoms with Crippen molar-refractivity contribution >= 4 is 17.8 Å².